The number of amides is 2. The zero-order chi connectivity index (χ0) is 22.4. The summed E-state index contributed by atoms with van der Waals surface area (Å²) in [5.74, 6) is -0.940. The first-order valence-corrected chi connectivity index (χ1v) is 11.4. The number of hydrogen-bond acceptors (Lipinski definition) is 2. The summed E-state index contributed by atoms with van der Waals surface area (Å²) in [7, 11) is 0. The Morgan fingerprint density at radius 2 is 1.28 bits per heavy atom. The number of anilines is 1. The zero-order valence-electron chi connectivity index (χ0n) is 18.9. The van der Waals surface area contributed by atoms with Crippen LogP contribution in [-0.2, 0) is 15.0 Å². The second-order valence-corrected chi connectivity index (χ2v) is 10.6. The van der Waals surface area contributed by atoms with Crippen LogP contribution in [0.1, 0.15) is 66.0 Å². The molecule has 4 aliphatic rings. The molecule has 1 aliphatic heterocycles. The second-order valence-electron chi connectivity index (χ2n) is 10.6. The first-order valence-electron chi connectivity index (χ1n) is 11.4. The molecule has 2 bridgehead atoms. The van der Waals surface area contributed by atoms with Crippen LogP contribution in [0.2, 0.25) is 0 Å². The van der Waals surface area contributed by atoms with Gasteiger partial charge in [0.15, 0.2) is 0 Å². The molecule has 2 amide bonds. The summed E-state index contributed by atoms with van der Waals surface area (Å²) in [5.41, 5.74) is 7.90. The minimum absolute atomic E-state index is 0.0216. The number of nitrogens with zero attached hydrogens (tertiary/aromatic N) is 1. The molecule has 0 radical (unpaired) electrons. The Balaban J connectivity index is 1.57. The number of carbonyl (C=O) groups is 2. The number of benzene rings is 3. The summed E-state index contributed by atoms with van der Waals surface area (Å²) in [5, 5.41) is 0. The van der Waals surface area contributed by atoms with Crippen LogP contribution in [-0.4, -0.2) is 11.8 Å². The van der Waals surface area contributed by atoms with Gasteiger partial charge in [-0.05, 0) is 57.9 Å². The Bertz CT molecular complexity index is 1300. The van der Waals surface area contributed by atoms with E-state index < -0.39 is 0 Å². The fraction of sp³-hybridized carbons (Fsp3) is 0.310. The Kier molecular flexibility index (Phi) is 3.90. The van der Waals surface area contributed by atoms with E-state index >= 15 is 0 Å². The van der Waals surface area contributed by atoms with Gasteiger partial charge < -0.3 is 0 Å². The zero-order valence-corrected chi connectivity index (χ0v) is 18.9. The van der Waals surface area contributed by atoms with Gasteiger partial charge in [-0.2, -0.15) is 0 Å². The maximum Gasteiger partial charge on any atom is 0.238 e. The van der Waals surface area contributed by atoms with Crippen molar-refractivity contribution in [3.8, 4) is 0 Å². The van der Waals surface area contributed by atoms with Crippen molar-refractivity contribution in [2.24, 2.45) is 11.8 Å². The van der Waals surface area contributed by atoms with E-state index in [0.717, 1.165) is 5.56 Å². The van der Waals surface area contributed by atoms with E-state index in [-0.39, 0.29) is 40.9 Å². The summed E-state index contributed by atoms with van der Waals surface area (Å²) < 4.78 is 0. The first kappa shape index (κ1) is 19.5. The summed E-state index contributed by atoms with van der Waals surface area (Å²) >= 11 is 0. The molecule has 3 heteroatoms. The standard InChI is InChI=1S/C29H27NO2/c1-16-8-7-9-18(14-16)30-27(31)25-23-19-10-5-6-11-20(19)24(26(25)28(30)32)22-15-17(29(2,3)4)12-13-21(22)23/h5-15,23-26H,1-4H3/t23-,24-,25+,26+/m1/s1. The van der Waals surface area contributed by atoms with Crippen LogP contribution >= 0.6 is 0 Å². The normalized spacial score (nSPS) is 25.6. The van der Waals surface area contributed by atoms with Crippen molar-refractivity contribution >= 4 is 17.5 Å². The summed E-state index contributed by atoms with van der Waals surface area (Å²) in [6.07, 6.45) is 0. The van der Waals surface area contributed by atoms with Gasteiger partial charge in [0, 0.05) is 11.8 Å². The van der Waals surface area contributed by atoms with Crippen molar-refractivity contribution in [2.45, 2.75) is 44.9 Å². The highest BCUT2D eigenvalue weighted by atomic mass is 16.2. The van der Waals surface area contributed by atoms with Gasteiger partial charge in [-0.1, -0.05) is 75.4 Å². The van der Waals surface area contributed by atoms with Crippen LogP contribution in [0.15, 0.2) is 66.7 Å². The molecule has 7 rings (SSSR count). The lowest BCUT2D eigenvalue weighted by Gasteiger charge is -2.46. The van der Waals surface area contributed by atoms with E-state index in [4.69, 9.17) is 0 Å². The molecule has 3 aliphatic carbocycles. The molecule has 1 saturated heterocycles. The molecule has 0 spiro atoms. The lowest BCUT2D eigenvalue weighted by Crippen LogP contribution is -2.41. The van der Waals surface area contributed by atoms with Crippen LogP contribution in [0.4, 0.5) is 5.69 Å². The number of carbonyl (C=O) groups excluding carboxylic acids is 2. The molecule has 0 N–H and O–H groups in total. The Labute approximate surface area is 189 Å². The third-order valence-electron chi connectivity index (χ3n) is 7.67. The predicted molar refractivity (Wildman–Crippen MR) is 126 cm³/mol. The minimum atomic E-state index is -0.342. The lowest BCUT2D eigenvalue weighted by atomic mass is 9.54. The van der Waals surface area contributed by atoms with E-state index in [9.17, 15) is 9.59 Å². The first-order chi connectivity index (χ1) is 15.3. The van der Waals surface area contributed by atoms with Gasteiger partial charge in [-0.3, -0.25) is 9.59 Å². The van der Waals surface area contributed by atoms with Gasteiger partial charge in [-0.15, -0.1) is 0 Å². The monoisotopic (exact) mass is 421 g/mol. The molecule has 1 fully saturated rings. The van der Waals surface area contributed by atoms with Gasteiger partial charge >= 0.3 is 0 Å². The van der Waals surface area contributed by atoms with Crippen molar-refractivity contribution in [1.29, 1.82) is 0 Å². The van der Waals surface area contributed by atoms with Crippen LogP contribution < -0.4 is 4.90 Å². The molecule has 0 unspecified atom stereocenters. The van der Waals surface area contributed by atoms with Gasteiger partial charge in [-0.25, -0.2) is 4.90 Å². The van der Waals surface area contributed by atoms with Crippen molar-refractivity contribution in [3.05, 3.63) is 100 Å². The van der Waals surface area contributed by atoms with Crippen molar-refractivity contribution in [3.63, 3.8) is 0 Å². The number of hydrogen-bond donors (Lipinski definition) is 0. The van der Waals surface area contributed by atoms with Gasteiger partial charge in [0.2, 0.25) is 11.8 Å². The molecule has 3 aromatic rings. The van der Waals surface area contributed by atoms with Gasteiger partial charge in [0.05, 0.1) is 17.5 Å². The van der Waals surface area contributed by atoms with Crippen molar-refractivity contribution < 1.29 is 9.59 Å². The fourth-order valence-corrected chi connectivity index (χ4v) is 6.22. The SMILES string of the molecule is Cc1cccc(N2C(=O)[C@H]3[C@@H]4c5ccccc5[C@H](c5cc(C(C)(C)C)ccc54)[C@@H]3C2=O)c1. The quantitative estimate of drug-likeness (QED) is 0.474. The summed E-state index contributed by atoms with van der Waals surface area (Å²) in [4.78, 5) is 29.1. The van der Waals surface area contributed by atoms with Crippen LogP contribution in [0.5, 0.6) is 0 Å². The van der Waals surface area contributed by atoms with Gasteiger partial charge in [0.1, 0.15) is 0 Å². The minimum Gasteiger partial charge on any atom is -0.274 e. The Hall–Kier alpha value is -3.20. The highest BCUT2D eigenvalue weighted by Gasteiger charge is 2.61. The average molecular weight is 422 g/mol. The summed E-state index contributed by atoms with van der Waals surface area (Å²) in [6, 6.07) is 22.9. The molecular weight excluding hydrogens is 394 g/mol. The summed E-state index contributed by atoms with van der Waals surface area (Å²) in [6.45, 7) is 8.65. The Morgan fingerprint density at radius 1 is 0.688 bits per heavy atom. The van der Waals surface area contributed by atoms with Crippen molar-refractivity contribution in [2.75, 3.05) is 4.90 Å². The third-order valence-corrected chi connectivity index (χ3v) is 7.67. The number of rotatable bonds is 1. The van der Waals surface area contributed by atoms with E-state index in [1.807, 2.05) is 31.2 Å². The smallest absolute Gasteiger partial charge is 0.238 e. The average Bonchev–Trinajstić information content (AvgIpc) is 3.03. The van der Waals surface area contributed by atoms with Crippen LogP contribution in [0.3, 0.4) is 0 Å². The predicted octanol–water partition coefficient (Wildman–Crippen LogP) is 5.69. The molecule has 3 aromatic carbocycles. The van der Waals surface area contributed by atoms with E-state index in [2.05, 4.69) is 63.2 Å². The van der Waals surface area contributed by atoms with Crippen molar-refractivity contribution in [1.82, 2.24) is 0 Å². The topological polar surface area (TPSA) is 37.4 Å². The van der Waals surface area contributed by atoms with E-state index in [1.165, 1.54) is 32.7 Å². The molecule has 0 aromatic heterocycles. The number of imide groups is 1. The maximum absolute atomic E-state index is 13.9. The molecule has 3 nitrogen and oxygen atoms in total. The van der Waals surface area contributed by atoms with E-state index in [1.54, 1.807) is 0 Å². The molecule has 0 saturated carbocycles. The van der Waals surface area contributed by atoms with E-state index in [0.29, 0.717) is 5.69 Å². The van der Waals surface area contributed by atoms with Crippen LogP contribution in [0, 0.1) is 18.8 Å². The largest absolute Gasteiger partial charge is 0.274 e. The molecule has 32 heavy (non-hydrogen) atoms. The highest BCUT2D eigenvalue weighted by molar-refractivity contribution is 6.23. The van der Waals surface area contributed by atoms with Gasteiger partial charge in [0.25, 0.3) is 0 Å². The lowest BCUT2D eigenvalue weighted by molar-refractivity contribution is -0.122. The fourth-order valence-electron chi connectivity index (χ4n) is 6.22. The molecule has 160 valence electrons. The molecule has 4 atom stereocenters. The molecular formula is C29H27NO2. The second kappa shape index (κ2) is 6.41. The highest BCUT2D eigenvalue weighted by Crippen LogP contribution is 2.61. The molecule has 1 heterocycles. The number of aryl methyl sites for hydroxylation is 1. The third kappa shape index (κ3) is 2.48. The maximum atomic E-state index is 13.9. The van der Waals surface area contributed by atoms with Crippen LogP contribution in [0.25, 0.3) is 0 Å². The Morgan fingerprint density at radius 3 is 1.88 bits per heavy atom.